The van der Waals surface area contributed by atoms with Gasteiger partial charge in [0.2, 0.25) is 0 Å². The van der Waals surface area contributed by atoms with Crippen LogP contribution in [0, 0.1) is 23.2 Å². The molecule has 0 heterocycles. The van der Waals surface area contributed by atoms with Crippen molar-refractivity contribution < 1.29 is 24.2 Å². The molecule has 1 unspecified atom stereocenters. The number of carbonyl (C=O) groups is 2. The quantitative estimate of drug-likeness (QED) is 0.392. The maximum atomic E-state index is 12.5. The summed E-state index contributed by atoms with van der Waals surface area (Å²) in [6.07, 6.45) is 8.29. The van der Waals surface area contributed by atoms with E-state index in [0.29, 0.717) is 19.3 Å². The van der Waals surface area contributed by atoms with E-state index in [9.17, 15) is 14.7 Å². The average Bonchev–Trinajstić information content (AvgIpc) is 3.00. The number of aliphatic hydroxyl groups excluding tert-OH is 1. The number of aliphatic hydroxyl groups is 1. The second-order valence-electron chi connectivity index (χ2n) is 6.81. The van der Waals surface area contributed by atoms with Crippen molar-refractivity contribution in [1.82, 2.24) is 0 Å². The number of esters is 2. The highest BCUT2D eigenvalue weighted by atomic mass is 16.5. The Balaban J connectivity index is 3.28. The van der Waals surface area contributed by atoms with E-state index in [1.165, 1.54) is 14.2 Å². The molecule has 1 aliphatic rings. The van der Waals surface area contributed by atoms with Gasteiger partial charge in [-0.2, -0.15) is 0 Å². The summed E-state index contributed by atoms with van der Waals surface area (Å²) in [5, 5.41) is 10.5. The SMILES string of the molecule is C=C[C@@H](C(O)CCC)[C@@H]1CC(C(=O)OC)(C(=O)OC)C[C@H]1/C=C/CC. The Kier molecular flexibility index (Phi) is 8.36. The number of hydrogen-bond acceptors (Lipinski definition) is 5. The Morgan fingerprint density at radius 3 is 2.28 bits per heavy atom. The second kappa shape index (κ2) is 9.76. The van der Waals surface area contributed by atoms with E-state index >= 15 is 0 Å². The highest BCUT2D eigenvalue weighted by molar-refractivity contribution is 6.00. The molecule has 4 atom stereocenters. The largest absolute Gasteiger partial charge is 0.468 e. The van der Waals surface area contributed by atoms with Crippen LogP contribution in [0.1, 0.15) is 46.0 Å². The lowest BCUT2D eigenvalue weighted by Crippen LogP contribution is -2.39. The van der Waals surface area contributed by atoms with Gasteiger partial charge in [-0.3, -0.25) is 9.59 Å². The van der Waals surface area contributed by atoms with Gasteiger partial charge in [-0.15, -0.1) is 6.58 Å². The van der Waals surface area contributed by atoms with E-state index in [0.717, 1.165) is 12.8 Å². The van der Waals surface area contributed by atoms with Gasteiger partial charge < -0.3 is 14.6 Å². The maximum absolute atomic E-state index is 12.5. The summed E-state index contributed by atoms with van der Waals surface area (Å²) in [4.78, 5) is 24.9. The molecule has 1 rings (SSSR count). The molecule has 1 aliphatic carbocycles. The molecule has 0 spiro atoms. The van der Waals surface area contributed by atoms with Crippen LogP contribution in [-0.4, -0.2) is 37.4 Å². The molecule has 0 aromatic carbocycles. The first-order valence-corrected chi connectivity index (χ1v) is 9.05. The molecule has 0 aromatic heterocycles. The minimum Gasteiger partial charge on any atom is -0.468 e. The third-order valence-electron chi connectivity index (χ3n) is 5.28. The molecule has 0 radical (unpaired) electrons. The number of allylic oxidation sites excluding steroid dienone is 2. The molecule has 1 N–H and O–H groups in total. The summed E-state index contributed by atoms with van der Waals surface area (Å²) < 4.78 is 9.86. The van der Waals surface area contributed by atoms with Crippen LogP contribution in [0.5, 0.6) is 0 Å². The smallest absolute Gasteiger partial charge is 0.323 e. The van der Waals surface area contributed by atoms with Crippen LogP contribution in [0.3, 0.4) is 0 Å². The van der Waals surface area contributed by atoms with Crippen LogP contribution in [0.4, 0.5) is 0 Å². The zero-order valence-corrected chi connectivity index (χ0v) is 15.9. The van der Waals surface area contributed by atoms with Gasteiger partial charge in [-0.05, 0) is 37.5 Å². The Hall–Kier alpha value is -1.62. The Morgan fingerprint density at radius 1 is 1.24 bits per heavy atom. The molecule has 5 nitrogen and oxygen atoms in total. The normalized spacial score (nSPS) is 24.7. The highest BCUT2D eigenvalue weighted by Gasteiger charge is 2.58. The van der Waals surface area contributed by atoms with Crippen LogP contribution in [0.25, 0.3) is 0 Å². The fraction of sp³-hybridized carbons (Fsp3) is 0.700. The average molecular weight is 352 g/mol. The fourth-order valence-electron chi connectivity index (χ4n) is 4.05. The first-order valence-electron chi connectivity index (χ1n) is 9.05. The lowest BCUT2D eigenvalue weighted by molar-refractivity contribution is -0.169. The molecular formula is C20H32O5. The van der Waals surface area contributed by atoms with Crippen molar-refractivity contribution in [3.05, 3.63) is 24.8 Å². The molecule has 1 fully saturated rings. The van der Waals surface area contributed by atoms with Crippen molar-refractivity contribution in [2.24, 2.45) is 23.2 Å². The summed E-state index contributed by atoms with van der Waals surface area (Å²) in [5.74, 6) is -1.41. The van der Waals surface area contributed by atoms with Crippen molar-refractivity contribution in [3.8, 4) is 0 Å². The lowest BCUT2D eigenvalue weighted by atomic mass is 9.78. The molecule has 0 aromatic rings. The van der Waals surface area contributed by atoms with Gasteiger partial charge in [0.05, 0.1) is 20.3 Å². The van der Waals surface area contributed by atoms with Gasteiger partial charge in [0, 0.05) is 5.92 Å². The number of hydrogen-bond donors (Lipinski definition) is 1. The lowest BCUT2D eigenvalue weighted by Gasteiger charge is -2.29. The first kappa shape index (κ1) is 21.4. The molecule has 1 saturated carbocycles. The Morgan fingerprint density at radius 2 is 1.84 bits per heavy atom. The summed E-state index contributed by atoms with van der Waals surface area (Å²) in [7, 11) is 2.57. The Labute approximate surface area is 151 Å². The topological polar surface area (TPSA) is 72.8 Å². The van der Waals surface area contributed by atoms with E-state index in [1.807, 2.05) is 26.0 Å². The summed E-state index contributed by atoms with van der Waals surface area (Å²) in [5.41, 5.74) is -1.32. The van der Waals surface area contributed by atoms with Gasteiger partial charge in [-0.25, -0.2) is 0 Å². The third-order valence-corrected chi connectivity index (χ3v) is 5.28. The van der Waals surface area contributed by atoms with Crippen molar-refractivity contribution in [1.29, 1.82) is 0 Å². The van der Waals surface area contributed by atoms with E-state index in [4.69, 9.17) is 9.47 Å². The molecule has 0 saturated heterocycles. The molecule has 25 heavy (non-hydrogen) atoms. The molecule has 0 bridgehead atoms. The van der Waals surface area contributed by atoms with Crippen molar-refractivity contribution >= 4 is 11.9 Å². The molecule has 0 amide bonds. The zero-order valence-electron chi connectivity index (χ0n) is 15.9. The molecule has 0 aliphatic heterocycles. The van der Waals surface area contributed by atoms with Gasteiger partial charge in [0.15, 0.2) is 5.41 Å². The third kappa shape index (κ3) is 4.51. The van der Waals surface area contributed by atoms with E-state index < -0.39 is 23.5 Å². The van der Waals surface area contributed by atoms with Crippen LogP contribution in [-0.2, 0) is 19.1 Å². The minimum atomic E-state index is -1.32. The van der Waals surface area contributed by atoms with Gasteiger partial charge in [0.25, 0.3) is 0 Å². The second-order valence-corrected chi connectivity index (χ2v) is 6.81. The summed E-state index contributed by atoms with van der Waals surface area (Å²) >= 11 is 0. The van der Waals surface area contributed by atoms with Gasteiger partial charge >= 0.3 is 11.9 Å². The standard InChI is InChI=1S/C20H32O5/c1-6-9-11-14-12-20(18(22)24-4,19(23)25-5)13-16(14)15(8-3)17(21)10-7-2/h8-9,11,14-17,21H,3,6-7,10,12-13H2,1-2,4-5H3/b11-9+/t14-,15-,16-,17?/m1/s1. The van der Waals surface area contributed by atoms with Crippen LogP contribution in [0.2, 0.25) is 0 Å². The number of carbonyl (C=O) groups excluding carboxylic acids is 2. The molecular weight excluding hydrogens is 320 g/mol. The highest BCUT2D eigenvalue weighted by Crippen LogP contribution is 2.51. The molecule has 5 heteroatoms. The minimum absolute atomic E-state index is 0.0207. The van der Waals surface area contributed by atoms with Crippen molar-refractivity contribution in [2.75, 3.05) is 14.2 Å². The summed E-state index contributed by atoms with van der Waals surface area (Å²) in [6, 6.07) is 0. The predicted octanol–water partition coefficient (Wildman–Crippen LogP) is 3.27. The predicted molar refractivity (Wildman–Crippen MR) is 96.7 cm³/mol. The first-order chi connectivity index (χ1) is 11.9. The number of rotatable bonds is 9. The van der Waals surface area contributed by atoms with Crippen LogP contribution in [0.15, 0.2) is 24.8 Å². The fourth-order valence-corrected chi connectivity index (χ4v) is 4.05. The van der Waals surface area contributed by atoms with E-state index in [-0.39, 0.29) is 17.8 Å². The molecule has 142 valence electrons. The van der Waals surface area contributed by atoms with Crippen LogP contribution >= 0.6 is 0 Å². The number of methoxy groups -OCH3 is 2. The number of ether oxygens (including phenoxy) is 2. The monoisotopic (exact) mass is 352 g/mol. The van der Waals surface area contributed by atoms with Gasteiger partial charge in [-0.1, -0.05) is 38.5 Å². The van der Waals surface area contributed by atoms with E-state index in [2.05, 4.69) is 6.58 Å². The van der Waals surface area contributed by atoms with Gasteiger partial charge in [0.1, 0.15) is 0 Å². The van der Waals surface area contributed by atoms with E-state index in [1.54, 1.807) is 6.08 Å². The van der Waals surface area contributed by atoms with Crippen molar-refractivity contribution in [2.45, 2.75) is 52.1 Å². The Bertz CT molecular complexity index is 480. The summed E-state index contributed by atoms with van der Waals surface area (Å²) in [6.45, 7) is 7.93. The zero-order chi connectivity index (χ0) is 19.0. The van der Waals surface area contributed by atoms with Crippen molar-refractivity contribution in [3.63, 3.8) is 0 Å². The maximum Gasteiger partial charge on any atom is 0.323 e. The van der Waals surface area contributed by atoms with Crippen LogP contribution < -0.4 is 0 Å².